The predicted molar refractivity (Wildman–Crippen MR) is 90.4 cm³/mol. The molecule has 1 amide bonds. The molecule has 24 heavy (non-hydrogen) atoms. The lowest BCUT2D eigenvalue weighted by Gasteiger charge is -2.37. The van der Waals surface area contributed by atoms with Crippen molar-refractivity contribution in [3.8, 4) is 0 Å². The molecule has 1 atom stereocenters. The summed E-state index contributed by atoms with van der Waals surface area (Å²) in [6.07, 6.45) is 6.71. The van der Waals surface area contributed by atoms with E-state index in [2.05, 4.69) is 15.4 Å². The quantitative estimate of drug-likeness (QED) is 0.687. The number of aryl methyl sites for hydroxylation is 1. The normalized spacial score (nSPS) is 21.4. The first-order valence-corrected chi connectivity index (χ1v) is 8.15. The predicted octanol–water partition coefficient (Wildman–Crippen LogP) is 2.14. The molecule has 0 spiro atoms. The lowest BCUT2D eigenvalue weighted by atomic mass is 9.75. The Morgan fingerprint density at radius 3 is 2.96 bits per heavy atom. The Morgan fingerprint density at radius 2 is 2.25 bits per heavy atom. The zero-order valence-corrected chi connectivity index (χ0v) is 13.4. The molecule has 2 heterocycles. The van der Waals surface area contributed by atoms with Crippen LogP contribution in [0, 0.1) is 5.92 Å². The Balaban J connectivity index is 1.58. The molecular formula is C18H20N4O2. The Bertz CT molecular complexity index is 876. The van der Waals surface area contributed by atoms with Gasteiger partial charge in [0.2, 0.25) is 0 Å². The van der Waals surface area contributed by atoms with Gasteiger partial charge in [0.25, 0.3) is 5.91 Å². The van der Waals surface area contributed by atoms with Gasteiger partial charge in [-0.3, -0.25) is 9.48 Å². The number of aliphatic hydroxyl groups excluding tert-OH is 1. The SMILES string of the molecule is Cn1cc([C@@H](NC(=O)c2ccc3cc[nH]c3c2)C2CC(O)C2)cn1. The highest BCUT2D eigenvalue weighted by atomic mass is 16.3. The minimum Gasteiger partial charge on any atom is -0.393 e. The summed E-state index contributed by atoms with van der Waals surface area (Å²) >= 11 is 0. The van der Waals surface area contributed by atoms with Crippen LogP contribution in [0.5, 0.6) is 0 Å². The van der Waals surface area contributed by atoms with Gasteiger partial charge < -0.3 is 15.4 Å². The van der Waals surface area contributed by atoms with Gasteiger partial charge >= 0.3 is 0 Å². The van der Waals surface area contributed by atoms with E-state index < -0.39 is 0 Å². The number of H-pyrrole nitrogens is 1. The fourth-order valence-electron chi connectivity index (χ4n) is 3.39. The second-order valence-corrected chi connectivity index (χ2v) is 6.56. The molecule has 1 saturated carbocycles. The number of nitrogens with one attached hydrogen (secondary N) is 2. The maximum Gasteiger partial charge on any atom is 0.251 e. The van der Waals surface area contributed by atoms with Gasteiger partial charge in [0.15, 0.2) is 0 Å². The van der Waals surface area contributed by atoms with E-state index in [4.69, 9.17) is 0 Å². The van der Waals surface area contributed by atoms with Crippen LogP contribution in [0.25, 0.3) is 10.9 Å². The third-order valence-corrected chi connectivity index (χ3v) is 4.81. The van der Waals surface area contributed by atoms with Crippen LogP contribution in [0.2, 0.25) is 0 Å². The molecular weight excluding hydrogens is 304 g/mol. The number of aliphatic hydroxyl groups is 1. The number of amides is 1. The topological polar surface area (TPSA) is 82.9 Å². The second-order valence-electron chi connectivity index (χ2n) is 6.56. The summed E-state index contributed by atoms with van der Waals surface area (Å²) < 4.78 is 1.73. The fourth-order valence-corrected chi connectivity index (χ4v) is 3.39. The summed E-state index contributed by atoms with van der Waals surface area (Å²) in [6.45, 7) is 0. The van der Waals surface area contributed by atoms with E-state index in [0.29, 0.717) is 18.4 Å². The van der Waals surface area contributed by atoms with Crippen molar-refractivity contribution in [3.63, 3.8) is 0 Å². The van der Waals surface area contributed by atoms with Crippen LogP contribution in [0.1, 0.15) is 34.8 Å². The van der Waals surface area contributed by atoms with Crippen molar-refractivity contribution in [2.75, 3.05) is 0 Å². The molecule has 2 aromatic heterocycles. The largest absolute Gasteiger partial charge is 0.393 e. The highest BCUT2D eigenvalue weighted by molar-refractivity contribution is 5.98. The van der Waals surface area contributed by atoms with Crippen molar-refractivity contribution in [3.05, 3.63) is 54.0 Å². The van der Waals surface area contributed by atoms with E-state index in [-0.39, 0.29) is 24.0 Å². The van der Waals surface area contributed by atoms with Crippen LogP contribution in [0.3, 0.4) is 0 Å². The number of fused-ring (bicyclic) bond motifs is 1. The second kappa shape index (κ2) is 5.79. The average molecular weight is 324 g/mol. The van der Waals surface area contributed by atoms with Crippen molar-refractivity contribution >= 4 is 16.8 Å². The van der Waals surface area contributed by atoms with E-state index in [9.17, 15) is 9.90 Å². The zero-order chi connectivity index (χ0) is 16.7. The molecule has 1 aromatic carbocycles. The molecule has 0 unspecified atom stereocenters. The van der Waals surface area contributed by atoms with Gasteiger partial charge in [-0.05, 0) is 42.3 Å². The van der Waals surface area contributed by atoms with Crippen LogP contribution in [-0.4, -0.2) is 31.9 Å². The maximum absolute atomic E-state index is 12.7. The summed E-state index contributed by atoms with van der Waals surface area (Å²) in [5.74, 6) is 0.129. The molecule has 0 saturated heterocycles. The standard InChI is InChI=1S/C18H20N4O2/c1-22-10-14(9-20-22)17(13-6-15(23)7-13)21-18(24)12-3-2-11-4-5-19-16(11)8-12/h2-5,8-10,13,15,17,19,23H,6-7H2,1H3,(H,21,24)/t13?,15?,17-/m0/s1. The lowest BCUT2D eigenvalue weighted by Crippen LogP contribution is -2.41. The minimum absolute atomic E-state index is 0.109. The smallest absolute Gasteiger partial charge is 0.251 e. The number of benzene rings is 1. The van der Waals surface area contributed by atoms with E-state index in [1.165, 1.54) is 0 Å². The maximum atomic E-state index is 12.7. The minimum atomic E-state index is -0.263. The van der Waals surface area contributed by atoms with Gasteiger partial charge in [-0.2, -0.15) is 5.10 Å². The number of aromatic nitrogens is 3. The Morgan fingerprint density at radius 1 is 1.42 bits per heavy atom. The highest BCUT2D eigenvalue weighted by Crippen LogP contribution is 2.38. The van der Waals surface area contributed by atoms with Crippen molar-refractivity contribution in [1.82, 2.24) is 20.1 Å². The van der Waals surface area contributed by atoms with Crippen LogP contribution in [-0.2, 0) is 7.05 Å². The first-order valence-electron chi connectivity index (χ1n) is 8.15. The summed E-state index contributed by atoms with van der Waals surface area (Å²) in [4.78, 5) is 15.8. The number of aromatic amines is 1. The summed E-state index contributed by atoms with van der Waals surface area (Å²) in [7, 11) is 1.86. The van der Waals surface area contributed by atoms with E-state index >= 15 is 0 Å². The Labute approximate surface area is 139 Å². The first-order chi connectivity index (χ1) is 11.6. The number of rotatable bonds is 4. The molecule has 6 heteroatoms. The molecule has 1 fully saturated rings. The van der Waals surface area contributed by atoms with Gasteiger partial charge in [0.05, 0.1) is 18.3 Å². The van der Waals surface area contributed by atoms with E-state index in [1.807, 2.05) is 43.7 Å². The number of nitrogens with zero attached hydrogens (tertiary/aromatic N) is 2. The molecule has 0 aliphatic heterocycles. The average Bonchev–Trinajstić information content (AvgIpc) is 3.17. The van der Waals surface area contributed by atoms with Gasteiger partial charge in [0, 0.05) is 36.1 Å². The summed E-state index contributed by atoms with van der Waals surface area (Å²) in [5, 5.41) is 18.0. The monoisotopic (exact) mass is 324 g/mol. The number of carbonyl (C=O) groups is 1. The van der Waals surface area contributed by atoms with Crippen molar-refractivity contribution in [2.45, 2.75) is 25.0 Å². The zero-order valence-electron chi connectivity index (χ0n) is 13.4. The number of carbonyl (C=O) groups excluding carboxylic acids is 1. The van der Waals surface area contributed by atoms with Crippen molar-refractivity contribution < 1.29 is 9.90 Å². The molecule has 1 aliphatic rings. The van der Waals surface area contributed by atoms with E-state index in [0.717, 1.165) is 16.5 Å². The van der Waals surface area contributed by atoms with Crippen LogP contribution in [0.15, 0.2) is 42.9 Å². The fraction of sp³-hybridized carbons (Fsp3) is 0.333. The number of hydrogen-bond acceptors (Lipinski definition) is 3. The Hall–Kier alpha value is -2.60. The van der Waals surface area contributed by atoms with Crippen molar-refractivity contribution in [1.29, 1.82) is 0 Å². The van der Waals surface area contributed by atoms with Gasteiger partial charge in [-0.15, -0.1) is 0 Å². The highest BCUT2D eigenvalue weighted by Gasteiger charge is 2.36. The van der Waals surface area contributed by atoms with Crippen LogP contribution < -0.4 is 5.32 Å². The van der Waals surface area contributed by atoms with Crippen molar-refractivity contribution in [2.24, 2.45) is 13.0 Å². The van der Waals surface area contributed by atoms with Gasteiger partial charge in [-0.1, -0.05) is 6.07 Å². The molecule has 0 bridgehead atoms. The third kappa shape index (κ3) is 2.69. The van der Waals surface area contributed by atoms with E-state index in [1.54, 1.807) is 10.9 Å². The van der Waals surface area contributed by atoms with Gasteiger partial charge in [0.1, 0.15) is 0 Å². The summed E-state index contributed by atoms with van der Waals surface area (Å²) in [6, 6.07) is 7.48. The molecule has 4 rings (SSSR count). The lowest BCUT2D eigenvalue weighted by molar-refractivity contribution is 0.0235. The number of hydrogen-bond donors (Lipinski definition) is 3. The molecule has 1 aliphatic carbocycles. The first kappa shape index (κ1) is 15.0. The van der Waals surface area contributed by atoms with Gasteiger partial charge in [-0.25, -0.2) is 0 Å². The molecule has 6 nitrogen and oxygen atoms in total. The third-order valence-electron chi connectivity index (χ3n) is 4.81. The summed E-state index contributed by atoms with van der Waals surface area (Å²) in [5.41, 5.74) is 2.54. The van der Waals surface area contributed by atoms with Crippen LogP contribution in [0.4, 0.5) is 0 Å². The molecule has 3 aromatic rings. The molecule has 124 valence electrons. The van der Waals surface area contributed by atoms with Crippen LogP contribution >= 0.6 is 0 Å². The molecule has 3 N–H and O–H groups in total. The Kier molecular flexibility index (Phi) is 3.61. The molecule has 0 radical (unpaired) electrons.